The van der Waals surface area contributed by atoms with Crippen molar-refractivity contribution in [3.05, 3.63) is 52.8 Å². The van der Waals surface area contributed by atoms with E-state index in [2.05, 4.69) is 4.98 Å². The number of phenolic OH excluding ortho intramolecular Hbond substituents is 1. The number of carbonyl (C=O) groups is 2. The minimum absolute atomic E-state index is 0.0903. The fourth-order valence-corrected chi connectivity index (χ4v) is 2.86. The molecule has 0 aliphatic rings. The fraction of sp³-hybridized carbons (Fsp3) is 0.350. The molecule has 138 valence electrons. The minimum atomic E-state index is -0.378. The zero-order chi connectivity index (χ0) is 19.1. The predicted octanol–water partition coefficient (Wildman–Crippen LogP) is 3.35. The van der Waals surface area contributed by atoms with Gasteiger partial charge in [0.25, 0.3) is 0 Å². The zero-order valence-electron chi connectivity index (χ0n) is 15.2. The summed E-state index contributed by atoms with van der Waals surface area (Å²) in [7, 11) is 1.47. The number of carbonyl (C=O) groups excluding carboxylic acids is 2. The summed E-state index contributed by atoms with van der Waals surface area (Å²) in [5, 5.41) is 9.91. The number of hydrogen-bond donors (Lipinski definition) is 1. The first-order chi connectivity index (χ1) is 12.5. The van der Waals surface area contributed by atoms with Crippen LogP contribution in [0.3, 0.4) is 0 Å². The van der Waals surface area contributed by atoms with Crippen LogP contribution >= 0.6 is 0 Å². The molecular weight excluding hydrogens is 334 g/mol. The molecule has 0 atom stereocenters. The normalized spacial score (nSPS) is 10.4. The lowest BCUT2D eigenvalue weighted by Crippen LogP contribution is -2.10. The van der Waals surface area contributed by atoms with Crippen molar-refractivity contribution in [2.45, 2.75) is 33.1 Å². The minimum Gasteiger partial charge on any atom is -0.507 e. The number of aromatic nitrogens is 1. The van der Waals surface area contributed by atoms with Crippen molar-refractivity contribution in [3.63, 3.8) is 0 Å². The number of methoxy groups -OCH3 is 1. The van der Waals surface area contributed by atoms with Crippen molar-refractivity contribution in [1.29, 1.82) is 0 Å². The average Bonchev–Trinajstić information content (AvgIpc) is 2.62. The smallest absolute Gasteiger partial charge is 0.339 e. The number of nitrogens with zero attached hydrogens (tertiary/aromatic N) is 1. The van der Waals surface area contributed by atoms with Crippen molar-refractivity contribution in [2.75, 3.05) is 13.7 Å². The first-order valence-electron chi connectivity index (χ1n) is 8.50. The number of ketones is 1. The van der Waals surface area contributed by atoms with Gasteiger partial charge in [0.2, 0.25) is 0 Å². The third kappa shape index (κ3) is 4.39. The zero-order valence-corrected chi connectivity index (χ0v) is 15.2. The topological polar surface area (TPSA) is 85.7 Å². The third-order valence-corrected chi connectivity index (χ3v) is 4.02. The van der Waals surface area contributed by atoms with Gasteiger partial charge in [-0.15, -0.1) is 0 Å². The Morgan fingerprint density at radius 2 is 1.96 bits per heavy atom. The van der Waals surface area contributed by atoms with Gasteiger partial charge in [-0.25, -0.2) is 4.79 Å². The second kappa shape index (κ2) is 8.99. The average molecular weight is 357 g/mol. The van der Waals surface area contributed by atoms with E-state index in [0.717, 1.165) is 5.56 Å². The first-order valence-corrected chi connectivity index (χ1v) is 8.50. The van der Waals surface area contributed by atoms with Crippen molar-refractivity contribution in [3.8, 4) is 11.5 Å². The number of Topliss-reactive ketones (excluding diaryl/α,β-unsaturated/α-hetero) is 1. The largest absolute Gasteiger partial charge is 0.507 e. The van der Waals surface area contributed by atoms with Gasteiger partial charge in [-0.05, 0) is 56.9 Å². The van der Waals surface area contributed by atoms with Crippen molar-refractivity contribution in [2.24, 2.45) is 0 Å². The van der Waals surface area contributed by atoms with E-state index in [1.807, 2.05) is 0 Å². The van der Waals surface area contributed by atoms with Crippen LogP contribution in [0.25, 0.3) is 0 Å². The molecule has 0 radical (unpaired) electrons. The molecule has 0 aliphatic carbocycles. The van der Waals surface area contributed by atoms with Gasteiger partial charge in [0.1, 0.15) is 17.1 Å². The molecule has 6 nitrogen and oxygen atoms in total. The van der Waals surface area contributed by atoms with Crippen molar-refractivity contribution in [1.82, 2.24) is 4.98 Å². The van der Waals surface area contributed by atoms with Crippen LogP contribution in [0.5, 0.6) is 11.5 Å². The van der Waals surface area contributed by atoms with Gasteiger partial charge in [0.15, 0.2) is 5.78 Å². The number of hydrogen-bond acceptors (Lipinski definition) is 6. The Morgan fingerprint density at radius 3 is 2.62 bits per heavy atom. The highest BCUT2D eigenvalue weighted by molar-refractivity contribution is 6.00. The summed E-state index contributed by atoms with van der Waals surface area (Å²) in [5.74, 6) is -0.330. The van der Waals surface area contributed by atoms with Gasteiger partial charge in [0, 0.05) is 6.20 Å². The van der Waals surface area contributed by atoms with Gasteiger partial charge in [-0.1, -0.05) is 6.07 Å². The van der Waals surface area contributed by atoms with Gasteiger partial charge >= 0.3 is 5.97 Å². The number of aromatic hydroxyl groups is 1. The van der Waals surface area contributed by atoms with Crippen LogP contribution in [0, 0.1) is 0 Å². The highest BCUT2D eigenvalue weighted by Gasteiger charge is 2.18. The predicted molar refractivity (Wildman–Crippen MR) is 96.9 cm³/mol. The second-order valence-electron chi connectivity index (χ2n) is 5.78. The quantitative estimate of drug-likeness (QED) is 0.576. The molecule has 0 saturated heterocycles. The van der Waals surface area contributed by atoms with Crippen molar-refractivity contribution < 1.29 is 24.2 Å². The second-order valence-corrected chi connectivity index (χ2v) is 5.78. The summed E-state index contributed by atoms with van der Waals surface area (Å²) in [6.45, 7) is 3.46. The van der Waals surface area contributed by atoms with E-state index >= 15 is 0 Å². The molecule has 1 aromatic carbocycles. The Balaban J connectivity index is 2.15. The third-order valence-electron chi connectivity index (χ3n) is 4.02. The molecule has 1 N–H and O–H groups in total. The molecule has 0 bridgehead atoms. The Labute approximate surface area is 152 Å². The highest BCUT2D eigenvalue weighted by Crippen LogP contribution is 2.32. The van der Waals surface area contributed by atoms with Crippen molar-refractivity contribution >= 4 is 11.8 Å². The molecule has 0 amide bonds. The fourth-order valence-electron chi connectivity index (χ4n) is 2.86. The van der Waals surface area contributed by atoms with Crippen LogP contribution in [0.4, 0.5) is 0 Å². The molecule has 26 heavy (non-hydrogen) atoms. The molecule has 0 unspecified atom stereocenters. The molecule has 0 saturated carbocycles. The summed E-state index contributed by atoms with van der Waals surface area (Å²) in [6, 6.07) is 6.65. The van der Waals surface area contributed by atoms with Crippen LogP contribution in [0.2, 0.25) is 0 Å². The van der Waals surface area contributed by atoms with E-state index in [9.17, 15) is 14.7 Å². The van der Waals surface area contributed by atoms with Crippen LogP contribution in [-0.2, 0) is 17.6 Å². The summed E-state index contributed by atoms with van der Waals surface area (Å²) in [5.41, 5.74) is 2.16. The molecule has 1 heterocycles. The number of phenols is 1. The number of pyridine rings is 1. The molecule has 6 heteroatoms. The van der Waals surface area contributed by atoms with E-state index in [4.69, 9.17) is 9.47 Å². The molecule has 0 fully saturated rings. The number of esters is 1. The number of rotatable bonds is 8. The standard InChI is InChI=1S/C20H23NO5/c1-4-26-20(24)15-8-6-12-21-16(15)9-5-7-14-10-11-17(23)18(13(2)22)19(14)25-3/h6,8,10-12,23H,4-5,7,9H2,1-3H3. The molecule has 2 aromatic rings. The molecule has 0 aliphatic heterocycles. The number of aryl methyl sites for hydroxylation is 2. The maximum atomic E-state index is 12.0. The van der Waals surface area contributed by atoms with Crippen LogP contribution in [-0.4, -0.2) is 35.6 Å². The maximum absolute atomic E-state index is 12.0. The van der Waals surface area contributed by atoms with E-state index in [0.29, 0.717) is 42.9 Å². The lowest BCUT2D eigenvalue weighted by atomic mass is 9.99. The van der Waals surface area contributed by atoms with E-state index in [-0.39, 0.29) is 23.1 Å². The monoisotopic (exact) mass is 357 g/mol. The Hall–Kier alpha value is -2.89. The van der Waals surface area contributed by atoms with Gasteiger partial charge in [-0.3, -0.25) is 9.78 Å². The number of ether oxygens (including phenoxy) is 2. The van der Waals surface area contributed by atoms with Crippen LogP contribution in [0.15, 0.2) is 30.5 Å². The van der Waals surface area contributed by atoms with Gasteiger partial charge in [-0.2, -0.15) is 0 Å². The van der Waals surface area contributed by atoms with Crippen LogP contribution in [0.1, 0.15) is 52.2 Å². The summed E-state index contributed by atoms with van der Waals surface area (Å²) >= 11 is 0. The maximum Gasteiger partial charge on any atom is 0.339 e. The van der Waals surface area contributed by atoms with E-state index in [1.165, 1.54) is 20.1 Å². The number of benzene rings is 1. The summed E-state index contributed by atoms with van der Waals surface area (Å²) < 4.78 is 10.4. The Bertz CT molecular complexity index is 801. The molecule has 1 aromatic heterocycles. The lowest BCUT2D eigenvalue weighted by Gasteiger charge is -2.13. The van der Waals surface area contributed by atoms with Gasteiger partial charge in [0.05, 0.1) is 25.0 Å². The van der Waals surface area contributed by atoms with E-state index in [1.54, 1.807) is 31.3 Å². The Morgan fingerprint density at radius 1 is 1.19 bits per heavy atom. The SMILES string of the molecule is CCOC(=O)c1cccnc1CCCc1ccc(O)c(C(C)=O)c1OC. The van der Waals surface area contributed by atoms with Gasteiger partial charge < -0.3 is 14.6 Å². The summed E-state index contributed by atoms with van der Waals surface area (Å²) in [4.78, 5) is 28.1. The molecule has 0 spiro atoms. The Kier molecular flexibility index (Phi) is 6.72. The first kappa shape index (κ1) is 19.4. The van der Waals surface area contributed by atoms with Crippen LogP contribution < -0.4 is 4.74 Å². The lowest BCUT2D eigenvalue weighted by molar-refractivity contribution is 0.0524. The molecular formula is C20H23NO5. The molecule has 2 rings (SSSR count). The van der Waals surface area contributed by atoms with E-state index < -0.39 is 0 Å². The highest BCUT2D eigenvalue weighted by atomic mass is 16.5. The summed E-state index contributed by atoms with van der Waals surface area (Å²) in [6.07, 6.45) is 3.53.